The fourth-order valence-corrected chi connectivity index (χ4v) is 2.86. The van der Waals surface area contributed by atoms with Gasteiger partial charge >= 0.3 is 0 Å². The average Bonchev–Trinajstić information content (AvgIpc) is 2.85. The Bertz CT molecular complexity index is 431. The van der Waals surface area contributed by atoms with Crippen molar-refractivity contribution in [3.63, 3.8) is 0 Å². The first-order valence-electron chi connectivity index (χ1n) is 7.45. The first-order valence-corrected chi connectivity index (χ1v) is 7.45. The molecule has 0 unspecified atom stereocenters. The van der Waals surface area contributed by atoms with Crippen molar-refractivity contribution in [2.45, 2.75) is 39.2 Å². The van der Waals surface area contributed by atoms with Crippen LogP contribution in [0.5, 0.6) is 0 Å². The second kappa shape index (κ2) is 7.43. The molecule has 1 atom stereocenters. The van der Waals surface area contributed by atoms with Crippen LogP contribution in [0.25, 0.3) is 0 Å². The van der Waals surface area contributed by atoms with Crippen LogP contribution in [-0.4, -0.2) is 47.2 Å². The lowest BCUT2D eigenvalue weighted by Gasteiger charge is -2.33. The van der Waals surface area contributed by atoms with E-state index in [0.717, 1.165) is 44.8 Å². The van der Waals surface area contributed by atoms with E-state index in [1.54, 1.807) is 13.3 Å². The molecule has 2 heterocycles. The van der Waals surface area contributed by atoms with Crippen LogP contribution in [0.2, 0.25) is 0 Å². The average molecular weight is 279 g/mol. The zero-order chi connectivity index (χ0) is 14.4. The van der Waals surface area contributed by atoms with E-state index < -0.39 is 0 Å². The highest BCUT2D eigenvalue weighted by Crippen LogP contribution is 2.21. The number of piperidine rings is 1. The van der Waals surface area contributed by atoms with Gasteiger partial charge in [0.1, 0.15) is 12.4 Å². The number of hydrogen-bond acceptors (Lipinski definition) is 3. The van der Waals surface area contributed by atoms with Crippen LogP contribution in [-0.2, 0) is 16.1 Å². The number of likely N-dealkylation sites (tertiary alicyclic amines) is 1. The first kappa shape index (κ1) is 15.0. The number of methoxy groups -OCH3 is 1. The number of hydrogen-bond donors (Lipinski definition) is 0. The van der Waals surface area contributed by atoms with Gasteiger partial charge in [0.2, 0.25) is 5.91 Å². The Hall–Kier alpha value is -1.36. The maximum Gasteiger partial charge on any atom is 0.242 e. The Labute approximate surface area is 120 Å². The van der Waals surface area contributed by atoms with Gasteiger partial charge in [0.05, 0.1) is 0 Å². The van der Waals surface area contributed by atoms with E-state index in [9.17, 15) is 4.79 Å². The Morgan fingerprint density at radius 3 is 3.10 bits per heavy atom. The van der Waals surface area contributed by atoms with E-state index >= 15 is 0 Å². The third kappa shape index (κ3) is 4.07. The molecule has 0 aromatic carbocycles. The number of aromatic nitrogens is 2. The number of nitrogens with zero attached hydrogens (tertiary/aromatic N) is 3. The van der Waals surface area contributed by atoms with E-state index in [1.165, 1.54) is 6.42 Å². The van der Waals surface area contributed by atoms with Crippen LogP contribution >= 0.6 is 0 Å². The second-order valence-electron chi connectivity index (χ2n) is 5.59. The molecule has 0 radical (unpaired) electrons. The van der Waals surface area contributed by atoms with E-state index in [-0.39, 0.29) is 5.91 Å². The van der Waals surface area contributed by atoms with E-state index in [0.29, 0.717) is 12.5 Å². The zero-order valence-corrected chi connectivity index (χ0v) is 12.5. The third-order valence-electron chi connectivity index (χ3n) is 4.06. The number of carbonyl (C=O) groups excluding carboxylic acids is 1. The fraction of sp³-hybridized carbons (Fsp3) is 0.733. The lowest BCUT2D eigenvalue weighted by atomic mass is 9.93. The molecule has 1 aliphatic heterocycles. The second-order valence-corrected chi connectivity index (χ2v) is 5.59. The molecule has 5 heteroatoms. The predicted octanol–water partition coefficient (Wildman–Crippen LogP) is 1.86. The van der Waals surface area contributed by atoms with Crippen LogP contribution in [0, 0.1) is 12.8 Å². The molecule has 1 aromatic rings. The molecule has 1 fully saturated rings. The van der Waals surface area contributed by atoms with Crippen molar-refractivity contribution in [1.29, 1.82) is 0 Å². The van der Waals surface area contributed by atoms with Crippen LogP contribution in [0.3, 0.4) is 0 Å². The Morgan fingerprint density at radius 2 is 2.40 bits per heavy atom. The predicted molar refractivity (Wildman–Crippen MR) is 77.4 cm³/mol. The summed E-state index contributed by atoms with van der Waals surface area (Å²) in [6.07, 6.45) is 8.20. The molecule has 0 bridgehead atoms. The van der Waals surface area contributed by atoms with E-state index in [4.69, 9.17) is 4.74 Å². The monoisotopic (exact) mass is 279 g/mol. The lowest BCUT2D eigenvalue weighted by molar-refractivity contribution is -0.133. The fourth-order valence-electron chi connectivity index (χ4n) is 2.86. The number of ether oxygens (including phenoxy) is 1. The molecule has 0 aliphatic carbocycles. The summed E-state index contributed by atoms with van der Waals surface area (Å²) in [4.78, 5) is 18.5. The summed E-state index contributed by atoms with van der Waals surface area (Å²) in [6, 6.07) is 0. The van der Waals surface area contributed by atoms with Crippen molar-refractivity contribution in [2.75, 3.05) is 26.8 Å². The van der Waals surface area contributed by atoms with Gasteiger partial charge in [-0.2, -0.15) is 0 Å². The summed E-state index contributed by atoms with van der Waals surface area (Å²) in [5.41, 5.74) is 0. The van der Waals surface area contributed by atoms with Crippen LogP contribution < -0.4 is 0 Å². The maximum atomic E-state index is 12.3. The molecule has 5 nitrogen and oxygen atoms in total. The Kier molecular flexibility index (Phi) is 5.59. The van der Waals surface area contributed by atoms with Gasteiger partial charge in [-0.05, 0) is 38.5 Å². The maximum absolute atomic E-state index is 12.3. The Balaban J connectivity index is 1.82. The van der Waals surface area contributed by atoms with Gasteiger partial charge in [-0.15, -0.1) is 0 Å². The minimum Gasteiger partial charge on any atom is -0.385 e. The summed E-state index contributed by atoms with van der Waals surface area (Å²) in [5.74, 6) is 1.74. The minimum absolute atomic E-state index is 0.211. The van der Waals surface area contributed by atoms with Gasteiger partial charge in [0.25, 0.3) is 0 Å². The SMILES string of the molecule is COCCC[C@@H]1CCCN(C(=O)Cn2ccnc2C)C1. The quantitative estimate of drug-likeness (QED) is 0.747. The van der Waals surface area contributed by atoms with Crippen molar-refractivity contribution in [2.24, 2.45) is 5.92 Å². The molecule has 0 spiro atoms. The molecule has 1 aliphatic rings. The van der Waals surface area contributed by atoms with Crippen molar-refractivity contribution in [1.82, 2.24) is 14.5 Å². The molecule has 1 aromatic heterocycles. The van der Waals surface area contributed by atoms with E-state index in [1.807, 2.05) is 22.6 Å². The highest BCUT2D eigenvalue weighted by Gasteiger charge is 2.23. The van der Waals surface area contributed by atoms with Crippen LogP contribution in [0.1, 0.15) is 31.5 Å². The van der Waals surface area contributed by atoms with Gasteiger partial charge in [-0.25, -0.2) is 4.98 Å². The van der Waals surface area contributed by atoms with Gasteiger partial charge in [-0.3, -0.25) is 4.79 Å². The van der Waals surface area contributed by atoms with Crippen LogP contribution in [0.4, 0.5) is 0 Å². The molecule has 2 rings (SSSR count). The summed E-state index contributed by atoms with van der Waals surface area (Å²) in [5, 5.41) is 0. The minimum atomic E-state index is 0.211. The number of aryl methyl sites for hydroxylation is 1. The standard InChI is InChI=1S/C15H25N3O2/c1-13-16-7-9-17(13)12-15(19)18-8-3-5-14(11-18)6-4-10-20-2/h7,9,14H,3-6,8,10-12H2,1-2H3/t14-/m0/s1. The number of carbonyl (C=O) groups is 1. The molecule has 112 valence electrons. The summed E-state index contributed by atoms with van der Waals surface area (Å²) in [7, 11) is 1.74. The molecular formula is C15H25N3O2. The van der Waals surface area contributed by atoms with Crippen molar-refractivity contribution in [3.05, 3.63) is 18.2 Å². The molecule has 20 heavy (non-hydrogen) atoms. The van der Waals surface area contributed by atoms with Gasteiger partial charge in [-0.1, -0.05) is 0 Å². The number of imidazole rings is 1. The first-order chi connectivity index (χ1) is 9.70. The smallest absolute Gasteiger partial charge is 0.242 e. The normalized spacial score (nSPS) is 19.3. The molecule has 0 N–H and O–H groups in total. The van der Waals surface area contributed by atoms with Crippen molar-refractivity contribution >= 4 is 5.91 Å². The zero-order valence-electron chi connectivity index (χ0n) is 12.5. The van der Waals surface area contributed by atoms with E-state index in [2.05, 4.69) is 4.98 Å². The highest BCUT2D eigenvalue weighted by atomic mass is 16.5. The summed E-state index contributed by atoms with van der Waals surface area (Å²) < 4.78 is 7.01. The summed E-state index contributed by atoms with van der Waals surface area (Å²) >= 11 is 0. The third-order valence-corrected chi connectivity index (χ3v) is 4.06. The van der Waals surface area contributed by atoms with Gasteiger partial charge in [0.15, 0.2) is 0 Å². The number of amides is 1. The molecule has 0 saturated carbocycles. The Morgan fingerprint density at radius 1 is 1.55 bits per heavy atom. The topological polar surface area (TPSA) is 47.4 Å². The molecule has 1 saturated heterocycles. The molecule has 1 amide bonds. The van der Waals surface area contributed by atoms with Gasteiger partial charge < -0.3 is 14.2 Å². The van der Waals surface area contributed by atoms with Crippen LogP contribution in [0.15, 0.2) is 12.4 Å². The lowest BCUT2D eigenvalue weighted by Crippen LogP contribution is -2.41. The largest absolute Gasteiger partial charge is 0.385 e. The molecular weight excluding hydrogens is 254 g/mol. The van der Waals surface area contributed by atoms with Crippen molar-refractivity contribution in [3.8, 4) is 0 Å². The van der Waals surface area contributed by atoms with Gasteiger partial charge in [0, 0.05) is 39.2 Å². The summed E-state index contributed by atoms with van der Waals surface area (Å²) in [6.45, 7) is 4.95. The highest BCUT2D eigenvalue weighted by molar-refractivity contribution is 5.76. The number of rotatable bonds is 6. The van der Waals surface area contributed by atoms with Crippen molar-refractivity contribution < 1.29 is 9.53 Å².